The molecule has 0 spiro atoms. The monoisotopic (exact) mass is 259 g/mol. The zero-order valence-electron chi connectivity index (χ0n) is 10.8. The van der Waals surface area contributed by atoms with Gasteiger partial charge in [-0.3, -0.25) is 10.2 Å². The van der Waals surface area contributed by atoms with Crippen LogP contribution in [0.15, 0.2) is 46.8 Å². The second-order valence-corrected chi connectivity index (χ2v) is 4.29. The molecule has 0 saturated carbocycles. The molecule has 1 aliphatic rings. The Morgan fingerprint density at radius 1 is 1.42 bits per heavy atom. The summed E-state index contributed by atoms with van der Waals surface area (Å²) in [4.78, 5) is 11.5. The quantitative estimate of drug-likeness (QED) is 0.560. The van der Waals surface area contributed by atoms with Crippen molar-refractivity contribution in [3.8, 4) is 0 Å². The third kappa shape index (κ3) is 3.34. The van der Waals surface area contributed by atoms with Crippen molar-refractivity contribution in [2.45, 2.75) is 19.8 Å². The van der Waals surface area contributed by atoms with Crippen LogP contribution in [0.25, 0.3) is 0 Å². The van der Waals surface area contributed by atoms with Crippen LogP contribution in [0.4, 0.5) is 5.69 Å². The molecule has 19 heavy (non-hydrogen) atoms. The van der Waals surface area contributed by atoms with Crippen LogP contribution in [0.2, 0.25) is 0 Å². The third-order valence-electron chi connectivity index (χ3n) is 2.94. The number of nitrogens with one attached hydrogen (secondary N) is 2. The molecule has 1 aromatic carbocycles. The van der Waals surface area contributed by atoms with Gasteiger partial charge in [-0.25, -0.2) is 0 Å². The molecule has 5 nitrogen and oxygen atoms in total. The number of aliphatic hydroxyl groups is 1. The molecule has 1 amide bonds. The fourth-order valence-electron chi connectivity index (χ4n) is 1.79. The molecule has 3 N–H and O–H groups in total. The van der Waals surface area contributed by atoms with Crippen LogP contribution in [0.1, 0.15) is 19.8 Å². The maximum absolute atomic E-state index is 11.5. The van der Waals surface area contributed by atoms with Crippen molar-refractivity contribution >= 4 is 17.3 Å². The standard InChI is InChI=1S/C14H17N3O2/c1-2-10(8-12-13(18)9-15-14(12)19)16-17-11-6-4-3-5-7-11/h3-7,17-18H,2,8-9H2,1H3,(H,15,19)/b16-10+. The molecular formula is C14H17N3O2. The number of carbonyl (C=O) groups is 1. The van der Waals surface area contributed by atoms with E-state index in [-0.39, 0.29) is 18.2 Å². The van der Waals surface area contributed by atoms with E-state index >= 15 is 0 Å². The number of hydrogen-bond donors (Lipinski definition) is 3. The Labute approximate surface area is 112 Å². The highest BCUT2D eigenvalue weighted by Gasteiger charge is 2.22. The first-order valence-corrected chi connectivity index (χ1v) is 6.26. The maximum atomic E-state index is 11.5. The van der Waals surface area contributed by atoms with Crippen molar-refractivity contribution in [3.05, 3.63) is 41.7 Å². The van der Waals surface area contributed by atoms with Gasteiger partial charge in [-0.05, 0) is 18.6 Å². The van der Waals surface area contributed by atoms with Crippen molar-refractivity contribution in [1.82, 2.24) is 5.32 Å². The van der Waals surface area contributed by atoms with E-state index in [1.807, 2.05) is 37.3 Å². The van der Waals surface area contributed by atoms with Gasteiger partial charge in [-0.1, -0.05) is 25.1 Å². The van der Waals surface area contributed by atoms with Gasteiger partial charge in [0.1, 0.15) is 5.76 Å². The molecule has 1 aliphatic heterocycles. The fraction of sp³-hybridized carbons (Fsp3) is 0.286. The summed E-state index contributed by atoms with van der Waals surface area (Å²) in [5.41, 5.74) is 5.08. The van der Waals surface area contributed by atoms with Crippen molar-refractivity contribution in [2.24, 2.45) is 5.10 Å². The highest BCUT2D eigenvalue weighted by molar-refractivity contribution is 6.02. The number of carbonyl (C=O) groups excluding carboxylic acids is 1. The maximum Gasteiger partial charge on any atom is 0.251 e. The first-order chi connectivity index (χ1) is 9.20. The lowest BCUT2D eigenvalue weighted by atomic mass is 10.1. The van der Waals surface area contributed by atoms with E-state index in [1.54, 1.807) is 0 Å². The predicted octanol–water partition coefficient (Wildman–Crippen LogP) is 2.20. The summed E-state index contributed by atoms with van der Waals surface area (Å²) in [6.07, 6.45) is 1.08. The lowest BCUT2D eigenvalue weighted by Gasteiger charge is -2.06. The molecule has 0 unspecified atom stereocenters. The first-order valence-electron chi connectivity index (χ1n) is 6.26. The Morgan fingerprint density at radius 3 is 2.74 bits per heavy atom. The molecule has 0 aromatic heterocycles. The number of aliphatic hydroxyl groups excluding tert-OH is 1. The zero-order valence-corrected chi connectivity index (χ0v) is 10.8. The highest BCUT2D eigenvalue weighted by atomic mass is 16.3. The van der Waals surface area contributed by atoms with Gasteiger partial charge in [-0.15, -0.1) is 0 Å². The van der Waals surface area contributed by atoms with Gasteiger partial charge < -0.3 is 10.4 Å². The third-order valence-corrected chi connectivity index (χ3v) is 2.94. The van der Waals surface area contributed by atoms with Gasteiger partial charge in [0.05, 0.1) is 17.8 Å². The molecule has 0 bridgehead atoms. The van der Waals surface area contributed by atoms with E-state index in [4.69, 9.17) is 0 Å². The minimum absolute atomic E-state index is 0.117. The number of hydrazone groups is 1. The summed E-state index contributed by atoms with van der Waals surface area (Å²) in [6, 6.07) is 9.59. The van der Waals surface area contributed by atoms with Crippen LogP contribution in [0, 0.1) is 0 Å². The van der Waals surface area contributed by atoms with E-state index < -0.39 is 0 Å². The minimum atomic E-state index is -0.210. The molecule has 100 valence electrons. The first kappa shape index (κ1) is 13.1. The van der Waals surface area contributed by atoms with E-state index in [2.05, 4.69) is 15.8 Å². The number of amides is 1. The molecule has 0 radical (unpaired) electrons. The van der Waals surface area contributed by atoms with Crippen LogP contribution in [0.3, 0.4) is 0 Å². The fourth-order valence-corrected chi connectivity index (χ4v) is 1.79. The summed E-state index contributed by atoms with van der Waals surface area (Å²) < 4.78 is 0. The Hall–Kier alpha value is -2.30. The molecule has 0 aliphatic carbocycles. The Balaban J connectivity index is 2.04. The van der Waals surface area contributed by atoms with Gasteiger partial charge in [0.2, 0.25) is 0 Å². The molecule has 5 heteroatoms. The predicted molar refractivity (Wildman–Crippen MR) is 75.1 cm³/mol. The largest absolute Gasteiger partial charge is 0.510 e. The molecule has 1 aromatic rings. The SMILES string of the molecule is CC/C(CC1=C(O)CNC1=O)=N\Nc1ccccc1. The number of rotatable bonds is 5. The van der Waals surface area contributed by atoms with Crippen molar-refractivity contribution in [3.63, 3.8) is 0 Å². The number of benzene rings is 1. The molecule has 0 atom stereocenters. The van der Waals surface area contributed by atoms with Gasteiger partial charge in [0.25, 0.3) is 5.91 Å². The Morgan fingerprint density at radius 2 is 2.16 bits per heavy atom. The van der Waals surface area contributed by atoms with Crippen LogP contribution in [-0.2, 0) is 4.79 Å². The van der Waals surface area contributed by atoms with E-state index in [0.29, 0.717) is 18.4 Å². The topological polar surface area (TPSA) is 73.7 Å². The Bertz CT molecular complexity index is 521. The summed E-state index contributed by atoms with van der Waals surface area (Å²) in [7, 11) is 0. The second-order valence-electron chi connectivity index (χ2n) is 4.29. The Kier molecular flexibility index (Phi) is 4.18. The molecule has 1 heterocycles. The van der Waals surface area contributed by atoms with Gasteiger partial charge in [0, 0.05) is 12.1 Å². The number of para-hydroxylation sites is 1. The summed E-state index contributed by atoms with van der Waals surface area (Å²) in [5.74, 6) is -0.0933. The van der Waals surface area contributed by atoms with Crippen LogP contribution < -0.4 is 10.7 Å². The summed E-state index contributed by atoms with van der Waals surface area (Å²) in [5, 5.41) is 16.5. The van der Waals surface area contributed by atoms with Gasteiger partial charge in [-0.2, -0.15) is 5.10 Å². The van der Waals surface area contributed by atoms with Crippen LogP contribution >= 0.6 is 0 Å². The van der Waals surface area contributed by atoms with Crippen molar-refractivity contribution in [1.29, 1.82) is 0 Å². The second kappa shape index (κ2) is 6.04. The normalized spacial score (nSPS) is 15.6. The smallest absolute Gasteiger partial charge is 0.251 e. The lowest BCUT2D eigenvalue weighted by molar-refractivity contribution is -0.116. The highest BCUT2D eigenvalue weighted by Crippen LogP contribution is 2.15. The zero-order chi connectivity index (χ0) is 13.7. The average molecular weight is 259 g/mol. The number of nitrogens with zero attached hydrogens (tertiary/aromatic N) is 1. The van der Waals surface area contributed by atoms with Gasteiger partial charge in [0.15, 0.2) is 0 Å². The molecule has 2 rings (SSSR count). The number of hydrogen-bond acceptors (Lipinski definition) is 4. The average Bonchev–Trinajstić information content (AvgIpc) is 2.75. The summed E-state index contributed by atoms with van der Waals surface area (Å²) in [6.45, 7) is 2.19. The van der Waals surface area contributed by atoms with Crippen LogP contribution in [0.5, 0.6) is 0 Å². The van der Waals surface area contributed by atoms with Crippen molar-refractivity contribution in [2.75, 3.05) is 12.0 Å². The minimum Gasteiger partial charge on any atom is -0.510 e. The lowest BCUT2D eigenvalue weighted by Crippen LogP contribution is -2.18. The van der Waals surface area contributed by atoms with E-state index in [0.717, 1.165) is 11.4 Å². The molecule has 0 saturated heterocycles. The van der Waals surface area contributed by atoms with Gasteiger partial charge >= 0.3 is 0 Å². The summed E-state index contributed by atoms with van der Waals surface area (Å²) >= 11 is 0. The van der Waals surface area contributed by atoms with Crippen LogP contribution in [-0.4, -0.2) is 23.3 Å². The molecule has 0 fully saturated rings. The van der Waals surface area contributed by atoms with E-state index in [9.17, 15) is 9.90 Å². The molecular weight excluding hydrogens is 242 g/mol. The number of anilines is 1. The van der Waals surface area contributed by atoms with E-state index in [1.165, 1.54) is 0 Å². The van der Waals surface area contributed by atoms with Crippen molar-refractivity contribution < 1.29 is 9.90 Å².